The van der Waals surface area contributed by atoms with Gasteiger partial charge in [0.05, 0.1) is 17.0 Å². The first-order valence-corrected chi connectivity index (χ1v) is 13.4. The van der Waals surface area contributed by atoms with Crippen molar-refractivity contribution in [2.75, 3.05) is 33.5 Å². The number of nitrogens with one attached hydrogen (secondary N) is 2. The molecule has 38 heavy (non-hydrogen) atoms. The highest BCUT2D eigenvalue weighted by atomic mass is 32.2. The molecule has 0 radical (unpaired) electrons. The highest BCUT2D eigenvalue weighted by molar-refractivity contribution is 7.89. The topological polar surface area (TPSA) is 164 Å². The third kappa shape index (κ3) is 7.73. The predicted molar refractivity (Wildman–Crippen MR) is 137 cm³/mol. The molecule has 1 aliphatic heterocycles. The Labute approximate surface area is 221 Å². The normalized spacial score (nSPS) is 14.3. The number of amides is 2. The maximum absolute atomic E-state index is 13.5. The number of sulfonamides is 1. The molecule has 2 aromatic rings. The van der Waals surface area contributed by atoms with Crippen molar-refractivity contribution in [2.45, 2.75) is 37.3 Å². The molecule has 208 valence electrons. The van der Waals surface area contributed by atoms with Crippen molar-refractivity contribution >= 4 is 22.0 Å². The number of carbonyl (C=O) groups is 2. The number of nitrogens with zero attached hydrogens (tertiary/aromatic N) is 1. The number of likely N-dealkylation sites (N-methyl/N-ethyl adjacent to an activating group) is 1. The van der Waals surface area contributed by atoms with Crippen LogP contribution in [0.1, 0.15) is 19.4 Å². The standard InChI is InChI=1S/C25H33N3O9S/c1-16(2)12-28(38(33,34)19-8-9-22-23(11-19)37-15-36-22)13-21(29)20(27-25(31)32)10-17-4-6-18(7-5-17)35-14-24(30)26-3/h4-9,11,16,20-21,27,29H,10,12-15H2,1-3H3,(H,26,30)(H,31,32)/t20-,21-/m0/s1. The second-order valence-electron chi connectivity index (χ2n) is 9.16. The lowest BCUT2D eigenvalue weighted by Crippen LogP contribution is -2.50. The summed E-state index contributed by atoms with van der Waals surface area (Å²) in [5.74, 6) is 0.835. The Hall–Kier alpha value is -3.55. The number of rotatable bonds is 13. The SMILES string of the molecule is CNC(=O)COc1ccc(C[C@H](NC(=O)O)[C@@H](O)CN(CC(C)C)S(=O)(=O)c2ccc3c(c2)OCO3)cc1. The van der Waals surface area contributed by atoms with Crippen LogP contribution >= 0.6 is 0 Å². The average molecular weight is 552 g/mol. The molecule has 0 saturated carbocycles. The fourth-order valence-corrected chi connectivity index (χ4v) is 5.48. The van der Waals surface area contributed by atoms with Gasteiger partial charge in [-0.3, -0.25) is 4.79 Å². The zero-order valence-electron chi connectivity index (χ0n) is 21.4. The molecule has 0 bridgehead atoms. The lowest BCUT2D eigenvalue weighted by atomic mass is 10.0. The third-order valence-electron chi connectivity index (χ3n) is 5.74. The Morgan fingerprint density at radius 2 is 1.76 bits per heavy atom. The second-order valence-corrected chi connectivity index (χ2v) is 11.1. The van der Waals surface area contributed by atoms with E-state index in [9.17, 15) is 28.2 Å². The first-order chi connectivity index (χ1) is 18.0. The van der Waals surface area contributed by atoms with Crippen molar-refractivity contribution in [3.63, 3.8) is 0 Å². The minimum atomic E-state index is -4.06. The van der Waals surface area contributed by atoms with Gasteiger partial charge in [-0.2, -0.15) is 4.31 Å². The van der Waals surface area contributed by atoms with Gasteiger partial charge in [0.1, 0.15) is 5.75 Å². The average Bonchev–Trinajstić information content (AvgIpc) is 3.34. The number of aliphatic hydroxyl groups is 1. The Morgan fingerprint density at radius 3 is 2.39 bits per heavy atom. The number of hydrogen-bond donors (Lipinski definition) is 4. The molecule has 1 heterocycles. The van der Waals surface area contributed by atoms with Crippen molar-refractivity contribution < 1.29 is 42.4 Å². The van der Waals surface area contributed by atoms with E-state index < -0.39 is 28.3 Å². The van der Waals surface area contributed by atoms with E-state index in [2.05, 4.69) is 10.6 Å². The van der Waals surface area contributed by atoms with Gasteiger partial charge in [0, 0.05) is 26.2 Å². The molecule has 2 amide bonds. The van der Waals surface area contributed by atoms with Gasteiger partial charge in [-0.15, -0.1) is 0 Å². The van der Waals surface area contributed by atoms with Crippen molar-refractivity contribution in [2.24, 2.45) is 5.92 Å². The molecule has 0 spiro atoms. The Balaban J connectivity index is 1.77. The molecule has 0 aliphatic carbocycles. The van der Waals surface area contributed by atoms with Crippen molar-refractivity contribution in [3.05, 3.63) is 48.0 Å². The summed E-state index contributed by atoms with van der Waals surface area (Å²) in [5.41, 5.74) is 0.670. The fraction of sp³-hybridized carbons (Fsp3) is 0.440. The molecule has 13 heteroatoms. The van der Waals surface area contributed by atoms with E-state index in [0.717, 1.165) is 4.31 Å². The van der Waals surface area contributed by atoms with Crippen LogP contribution in [0.15, 0.2) is 47.4 Å². The number of benzene rings is 2. The van der Waals surface area contributed by atoms with Crippen LogP contribution in [-0.4, -0.2) is 80.6 Å². The van der Waals surface area contributed by atoms with Crippen LogP contribution in [0.25, 0.3) is 0 Å². The highest BCUT2D eigenvalue weighted by Crippen LogP contribution is 2.34. The van der Waals surface area contributed by atoms with Crippen molar-refractivity contribution in [1.29, 1.82) is 0 Å². The van der Waals surface area contributed by atoms with Crippen molar-refractivity contribution in [3.8, 4) is 17.2 Å². The highest BCUT2D eigenvalue weighted by Gasteiger charge is 2.32. The quantitative estimate of drug-likeness (QED) is 0.288. The molecule has 1 aliphatic rings. The second kappa shape index (κ2) is 12.8. The smallest absolute Gasteiger partial charge is 0.404 e. The first kappa shape index (κ1) is 29.0. The summed E-state index contributed by atoms with van der Waals surface area (Å²) in [7, 11) is -2.56. The summed E-state index contributed by atoms with van der Waals surface area (Å²) in [4.78, 5) is 22.8. The minimum Gasteiger partial charge on any atom is -0.484 e. The number of carbonyl (C=O) groups excluding carboxylic acids is 1. The summed E-state index contributed by atoms with van der Waals surface area (Å²) in [6.45, 7) is 3.29. The van der Waals surface area contributed by atoms with E-state index >= 15 is 0 Å². The minimum absolute atomic E-state index is 0.00301. The molecule has 0 aromatic heterocycles. The van der Waals surface area contributed by atoms with Gasteiger partial charge in [-0.05, 0) is 42.2 Å². The van der Waals surface area contributed by atoms with E-state index in [1.54, 1.807) is 24.3 Å². The molecule has 4 N–H and O–H groups in total. The summed E-state index contributed by atoms with van der Waals surface area (Å²) in [5, 5.41) is 25.2. The van der Waals surface area contributed by atoms with Crippen LogP contribution in [0.5, 0.6) is 17.2 Å². The van der Waals surface area contributed by atoms with Gasteiger partial charge in [-0.25, -0.2) is 13.2 Å². The molecule has 0 fully saturated rings. The first-order valence-electron chi connectivity index (χ1n) is 12.0. The molecular weight excluding hydrogens is 518 g/mol. The molecular formula is C25H33N3O9S. The van der Waals surface area contributed by atoms with E-state index in [1.807, 2.05) is 13.8 Å². The summed E-state index contributed by atoms with van der Waals surface area (Å²) >= 11 is 0. The van der Waals surface area contributed by atoms with E-state index in [4.69, 9.17) is 14.2 Å². The maximum atomic E-state index is 13.5. The van der Waals surface area contributed by atoms with Gasteiger partial charge >= 0.3 is 6.09 Å². The third-order valence-corrected chi connectivity index (χ3v) is 7.57. The molecule has 3 rings (SSSR count). The van der Waals surface area contributed by atoms with Gasteiger partial charge in [-0.1, -0.05) is 26.0 Å². The van der Waals surface area contributed by atoms with Crippen LogP contribution in [-0.2, 0) is 21.2 Å². The number of aliphatic hydroxyl groups excluding tert-OH is 1. The summed E-state index contributed by atoms with van der Waals surface area (Å²) < 4.78 is 44.1. The predicted octanol–water partition coefficient (Wildman–Crippen LogP) is 1.43. The van der Waals surface area contributed by atoms with Crippen LogP contribution in [0.4, 0.5) is 4.79 Å². The van der Waals surface area contributed by atoms with Gasteiger partial charge in [0.15, 0.2) is 18.1 Å². The Kier molecular flexibility index (Phi) is 9.78. The molecule has 0 unspecified atom stereocenters. The summed E-state index contributed by atoms with van der Waals surface area (Å²) in [6, 6.07) is 9.88. The van der Waals surface area contributed by atoms with Crippen LogP contribution in [0.3, 0.4) is 0 Å². The van der Waals surface area contributed by atoms with Gasteiger partial charge in [0.2, 0.25) is 16.8 Å². The Morgan fingerprint density at radius 1 is 1.08 bits per heavy atom. The zero-order valence-corrected chi connectivity index (χ0v) is 22.2. The van der Waals surface area contributed by atoms with Crippen LogP contribution in [0.2, 0.25) is 0 Å². The largest absolute Gasteiger partial charge is 0.484 e. The summed E-state index contributed by atoms with van der Waals surface area (Å²) in [6.07, 6.45) is -2.63. The molecule has 2 aromatic carbocycles. The maximum Gasteiger partial charge on any atom is 0.404 e. The number of fused-ring (bicyclic) bond motifs is 1. The van der Waals surface area contributed by atoms with Crippen molar-refractivity contribution in [1.82, 2.24) is 14.9 Å². The number of ether oxygens (including phenoxy) is 3. The molecule has 12 nitrogen and oxygen atoms in total. The number of carboxylic acid groups (broad SMARTS) is 1. The van der Waals surface area contributed by atoms with Gasteiger partial charge < -0.3 is 35.1 Å². The van der Waals surface area contributed by atoms with Crippen LogP contribution in [0, 0.1) is 5.92 Å². The lowest BCUT2D eigenvalue weighted by molar-refractivity contribution is -0.122. The van der Waals surface area contributed by atoms with E-state index in [-0.39, 0.29) is 49.6 Å². The van der Waals surface area contributed by atoms with Crippen LogP contribution < -0.4 is 24.8 Å². The Bertz CT molecular complexity index is 1220. The molecule has 2 atom stereocenters. The van der Waals surface area contributed by atoms with E-state index in [0.29, 0.717) is 22.8 Å². The molecule has 0 saturated heterocycles. The monoisotopic (exact) mass is 551 g/mol. The zero-order chi connectivity index (χ0) is 27.9. The lowest BCUT2D eigenvalue weighted by Gasteiger charge is -2.30. The van der Waals surface area contributed by atoms with E-state index in [1.165, 1.54) is 25.2 Å². The fourth-order valence-electron chi connectivity index (χ4n) is 3.84. The number of hydrogen-bond acceptors (Lipinski definition) is 8. The van der Waals surface area contributed by atoms with Gasteiger partial charge in [0.25, 0.3) is 5.91 Å².